The highest BCUT2D eigenvalue weighted by Gasteiger charge is 2.13. The lowest BCUT2D eigenvalue weighted by Gasteiger charge is -2.05. The molecule has 0 saturated carbocycles. The van der Waals surface area contributed by atoms with Gasteiger partial charge in [-0.1, -0.05) is 56.8 Å². The van der Waals surface area contributed by atoms with Crippen molar-refractivity contribution in [1.29, 1.82) is 0 Å². The van der Waals surface area contributed by atoms with Crippen LogP contribution in [0.1, 0.15) is 43.8 Å². The minimum atomic E-state index is 0.383. The van der Waals surface area contributed by atoms with Gasteiger partial charge in [-0.25, -0.2) is 4.98 Å². The summed E-state index contributed by atoms with van der Waals surface area (Å²) in [5, 5.41) is 12.7. The Morgan fingerprint density at radius 1 is 1.17 bits per heavy atom. The van der Waals surface area contributed by atoms with Gasteiger partial charge in [-0.2, -0.15) is 0 Å². The van der Waals surface area contributed by atoms with Gasteiger partial charge < -0.3 is 4.57 Å². The number of benzene rings is 1. The van der Waals surface area contributed by atoms with Crippen molar-refractivity contribution in [2.45, 2.75) is 44.0 Å². The summed E-state index contributed by atoms with van der Waals surface area (Å²) in [4.78, 5) is 4.76. The molecule has 0 fully saturated rings. The number of hydrogen-bond acceptors (Lipinski definition) is 5. The van der Waals surface area contributed by atoms with Gasteiger partial charge in [0.2, 0.25) is 0 Å². The molecule has 2 aromatic heterocycles. The largest absolute Gasteiger partial charge is 0.309 e. The second-order valence-electron chi connectivity index (χ2n) is 6.04. The monoisotopic (exact) mass is 358 g/mol. The SMILES string of the molecule is CCc1ccc(-c2nc(CSc3nnc(C(C)C)n3C)cs2)cc1. The molecule has 0 spiro atoms. The van der Waals surface area contributed by atoms with Crippen molar-refractivity contribution in [2.24, 2.45) is 7.05 Å². The minimum absolute atomic E-state index is 0.383. The van der Waals surface area contributed by atoms with Gasteiger partial charge in [-0.15, -0.1) is 21.5 Å². The van der Waals surface area contributed by atoms with Crippen LogP contribution in [0.3, 0.4) is 0 Å². The summed E-state index contributed by atoms with van der Waals surface area (Å²) in [6.07, 6.45) is 1.07. The van der Waals surface area contributed by atoms with Crippen LogP contribution >= 0.6 is 23.1 Å². The van der Waals surface area contributed by atoms with Crippen LogP contribution in [-0.4, -0.2) is 19.7 Å². The molecule has 0 amide bonds. The van der Waals surface area contributed by atoms with Crippen LogP contribution in [0.2, 0.25) is 0 Å². The van der Waals surface area contributed by atoms with Crippen molar-refractivity contribution in [3.8, 4) is 10.6 Å². The predicted octanol–water partition coefficient (Wildman–Crippen LogP) is 4.92. The van der Waals surface area contributed by atoms with Crippen molar-refractivity contribution in [3.63, 3.8) is 0 Å². The lowest BCUT2D eigenvalue weighted by molar-refractivity contribution is 0.680. The summed E-state index contributed by atoms with van der Waals surface area (Å²) >= 11 is 3.38. The normalized spacial score (nSPS) is 11.4. The molecule has 0 saturated heterocycles. The highest BCUT2D eigenvalue weighted by atomic mass is 32.2. The Morgan fingerprint density at radius 3 is 2.54 bits per heavy atom. The van der Waals surface area contributed by atoms with E-state index in [4.69, 9.17) is 4.98 Å². The second-order valence-corrected chi connectivity index (χ2v) is 7.84. The van der Waals surface area contributed by atoms with E-state index in [0.29, 0.717) is 5.92 Å². The van der Waals surface area contributed by atoms with E-state index >= 15 is 0 Å². The average molecular weight is 359 g/mol. The maximum atomic E-state index is 4.76. The maximum Gasteiger partial charge on any atom is 0.191 e. The van der Waals surface area contributed by atoms with E-state index < -0.39 is 0 Å². The first-order valence-corrected chi connectivity index (χ1v) is 10.0. The number of aromatic nitrogens is 4. The molecule has 4 nitrogen and oxygen atoms in total. The Kier molecular flexibility index (Phi) is 5.36. The third kappa shape index (κ3) is 3.70. The molecular formula is C18H22N4S2. The highest BCUT2D eigenvalue weighted by Crippen LogP contribution is 2.28. The van der Waals surface area contributed by atoms with E-state index in [0.717, 1.165) is 33.9 Å². The molecule has 0 aliphatic rings. The Bertz CT molecular complexity index is 803. The lowest BCUT2D eigenvalue weighted by Crippen LogP contribution is -2.00. The third-order valence-electron chi connectivity index (χ3n) is 3.90. The molecular weight excluding hydrogens is 336 g/mol. The Labute approximate surface area is 151 Å². The smallest absolute Gasteiger partial charge is 0.191 e. The van der Waals surface area contributed by atoms with Crippen LogP contribution in [0.25, 0.3) is 10.6 Å². The van der Waals surface area contributed by atoms with Crippen molar-refractivity contribution < 1.29 is 0 Å². The molecule has 24 heavy (non-hydrogen) atoms. The summed E-state index contributed by atoms with van der Waals surface area (Å²) in [7, 11) is 2.03. The van der Waals surface area contributed by atoms with Crippen LogP contribution in [0.5, 0.6) is 0 Å². The van der Waals surface area contributed by atoms with Gasteiger partial charge in [0.1, 0.15) is 10.8 Å². The standard InChI is InChI=1S/C18H22N4S2/c1-5-13-6-8-14(9-7-13)17-19-15(10-23-17)11-24-18-21-20-16(12(2)3)22(18)4/h6-10,12H,5,11H2,1-4H3. The number of thioether (sulfide) groups is 1. The van der Waals surface area contributed by atoms with Gasteiger partial charge >= 0.3 is 0 Å². The number of thiazole rings is 1. The van der Waals surface area contributed by atoms with E-state index in [1.807, 2.05) is 7.05 Å². The maximum absolute atomic E-state index is 4.76. The topological polar surface area (TPSA) is 43.6 Å². The van der Waals surface area contributed by atoms with Crippen LogP contribution in [0.4, 0.5) is 0 Å². The number of rotatable bonds is 6. The molecule has 0 atom stereocenters. The summed E-state index contributed by atoms with van der Waals surface area (Å²) in [5.74, 6) is 2.22. The minimum Gasteiger partial charge on any atom is -0.309 e. The van der Waals surface area contributed by atoms with Gasteiger partial charge in [-0.3, -0.25) is 0 Å². The Balaban J connectivity index is 1.68. The lowest BCUT2D eigenvalue weighted by atomic mass is 10.1. The Hall–Kier alpha value is -1.66. The molecule has 1 aromatic carbocycles. The molecule has 0 aliphatic heterocycles. The van der Waals surface area contributed by atoms with Crippen molar-refractivity contribution in [2.75, 3.05) is 0 Å². The molecule has 0 aliphatic carbocycles. The molecule has 2 heterocycles. The van der Waals surface area contributed by atoms with E-state index in [1.165, 1.54) is 11.1 Å². The summed E-state index contributed by atoms with van der Waals surface area (Å²) in [6.45, 7) is 6.44. The number of hydrogen-bond donors (Lipinski definition) is 0. The first-order chi connectivity index (χ1) is 11.6. The molecule has 3 aromatic rings. The van der Waals surface area contributed by atoms with Crippen LogP contribution in [0, 0.1) is 0 Å². The molecule has 3 rings (SSSR count). The van der Waals surface area contributed by atoms with Crippen LogP contribution < -0.4 is 0 Å². The quantitative estimate of drug-likeness (QED) is 0.587. The van der Waals surface area contributed by atoms with Gasteiger partial charge in [0.15, 0.2) is 5.16 Å². The summed E-state index contributed by atoms with van der Waals surface area (Å²) in [5.41, 5.74) is 3.64. The fraction of sp³-hybridized carbons (Fsp3) is 0.389. The van der Waals surface area contributed by atoms with Crippen molar-refractivity contribution >= 4 is 23.1 Å². The van der Waals surface area contributed by atoms with Gasteiger partial charge in [0.25, 0.3) is 0 Å². The molecule has 0 unspecified atom stereocenters. The second kappa shape index (κ2) is 7.49. The van der Waals surface area contributed by atoms with E-state index in [1.54, 1.807) is 23.1 Å². The molecule has 126 valence electrons. The Morgan fingerprint density at radius 2 is 1.92 bits per heavy atom. The highest BCUT2D eigenvalue weighted by molar-refractivity contribution is 7.98. The zero-order valence-electron chi connectivity index (χ0n) is 14.5. The molecule has 0 bridgehead atoms. The fourth-order valence-corrected chi connectivity index (χ4v) is 4.22. The molecule has 0 radical (unpaired) electrons. The van der Waals surface area contributed by atoms with E-state index in [2.05, 4.69) is 65.2 Å². The first-order valence-electron chi connectivity index (χ1n) is 8.14. The van der Waals surface area contributed by atoms with Crippen molar-refractivity contribution in [3.05, 3.63) is 46.7 Å². The first kappa shape index (κ1) is 17.2. The van der Waals surface area contributed by atoms with Gasteiger partial charge in [0, 0.05) is 29.7 Å². The third-order valence-corrected chi connectivity index (χ3v) is 5.89. The van der Waals surface area contributed by atoms with Gasteiger partial charge in [0.05, 0.1) is 5.69 Å². The zero-order chi connectivity index (χ0) is 17.1. The number of aryl methyl sites for hydroxylation is 1. The summed E-state index contributed by atoms with van der Waals surface area (Å²) in [6, 6.07) is 8.68. The van der Waals surface area contributed by atoms with Gasteiger partial charge in [-0.05, 0) is 12.0 Å². The predicted molar refractivity (Wildman–Crippen MR) is 102 cm³/mol. The van der Waals surface area contributed by atoms with E-state index in [-0.39, 0.29) is 0 Å². The fourth-order valence-electron chi connectivity index (χ4n) is 2.48. The molecule has 0 N–H and O–H groups in total. The number of nitrogens with zero attached hydrogens (tertiary/aromatic N) is 4. The zero-order valence-corrected chi connectivity index (χ0v) is 16.1. The van der Waals surface area contributed by atoms with Crippen LogP contribution in [-0.2, 0) is 19.2 Å². The van der Waals surface area contributed by atoms with Crippen LogP contribution in [0.15, 0.2) is 34.8 Å². The van der Waals surface area contributed by atoms with E-state index in [9.17, 15) is 0 Å². The average Bonchev–Trinajstić information content (AvgIpc) is 3.20. The van der Waals surface area contributed by atoms with Crippen molar-refractivity contribution in [1.82, 2.24) is 19.7 Å². The molecule has 6 heteroatoms. The summed E-state index contributed by atoms with van der Waals surface area (Å²) < 4.78 is 2.08.